The van der Waals surface area contributed by atoms with Gasteiger partial charge in [-0.15, -0.1) is 24.8 Å². The van der Waals surface area contributed by atoms with E-state index in [1.54, 1.807) is 24.3 Å². The first-order chi connectivity index (χ1) is 18.7. The fourth-order valence-corrected chi connectivity index (χ4v) is 4.37. The van der Waals surface area contributed by atoms with Gasteiger partial charge in [0.2, 0.25) is 11.8 Å². The van der Waals surface area contributed by atoms with Crippen LogP contribution in [0.4, 0.5) is 0 Å². The number of rotatable bonds is 13. The van der Waals surface area contributed by atoms with Gasteiger partial charge in [-0.25, -0.2) is 0 Å². The van der Waals surface area contributed by atoms with E-state index >= 15 is 0 Å². The highest BCUT2D eigenvalue weighted by Crippen LogP contribution is 2.29. The summed E-state index contributed by atoms with van der Waals surface area (Å²) in [4.78, 5) is 38.4. The zero-order valence-electron chi connectivity index (χ0n) is 22.9. The molecular weight excluding hydrogens is 565 g/mol. The Bertz CT molecular complexity index is 1240. The van der Waals surface area contributed by atoms with E-state index in [-0.39, 0.29) is 49.7 Å². The second-order valence-electron chi connectivity index (χ2n) is 9.61. The number of nitrogens with two attached hydrogens (primary N) is 1. The van der Waals surface area contributed by atoms with Crippen molar-refractivity contribution in [3.05, 3.63) is 107 Å². The number of amides is 2. The average molecular weight is 603 g/mol. The molecule has 3 rings (SSSR count). The van der Waals surface area contributed by atoms with Crippen molar-refractivity contribution in [2.45, 2.75) is 38.4 Å². The third kappa shape index (κ3) is 10.2. The maximum absolute atomic E-state index is 13.8. The molecule has 0 aromatic heterocycles. The van der Waals surface area contributed by atoms with Gasteiger partial charge in [0.15, 0.2) is 0 Å². The van der Waals surface area contributed by atoms with Crippen molar-refractivity contribution in [3.63, 3.8) is 0 Å². The fraction of sp³-hybridized carbons (Fsp3) is 0.267. The minimum absolute atomic E-state index is 0. The van der Waals surface area contributed by atoms with Gasteiger partial charge in [-0.05, 0) is 22.6 Å². The van der Waals surface area contributed by atoms with Gasteiger partial charge in [-0.1, -0.05) is 98.8 Å². The van der Waals surface area contributed by atoms with E-state index in [1.165, 1.54) is 0 Å². The first kappa shape index (κ1) is 35.1. The number of aliphatic carboxylic acids is 1. The van der Waals surface area contributed by atoms with Crippen LogP contribution in [0.5, 0.6) is 0 Å². The lowest BCUT2D eigenvalue weighted by Gasteiger charge is -2.31. The Balaban J connectivity index is 0.00000420. The Morgan fingerprint density at radius 2 is 1.32 bits per heavy atom. The van der Waals surface area contributed by atoms with E-state index in [4.69, 9.17) is 16.2 Å². The SMILES string of the molecule is CC(C)[C@@H](NCC(=O)O)C(=O)N[C@H](C(=O)NCc1ccc(C(=N)N)cc1)C(c1ccccc1)c1ccccc1.Cl.Cl. The van der Waals surface area contributed by atoms with Crippen molar-refractivity contribution in [2.24, 2.45) is 11.7 Å². The number of amidine groups is 1. The summed E-state index contributed by atoms with van der Waals surface area (Å²) in [7, 11) is 0. The fourth-order valence-electron chi connectivity index (χ4n) is 4.37. The number of nitrogens with one attached hydrogen (secondary N) is 4. The second-order valence-corrected chi connectivity index (χ2v) is 9.61. The molecule has 0 unspecified atom stereocenters. The summed E-state index contributed by atoms with van der Waals surface area (Å²) in [6, 6.07) is 24.1. The van der Waals surface area contributed by atoms with Crippen LogP contribution in [0.1, 0.15) is 42.0 Å². The Hall–Kier alpha value is -3.92. The van der Waals surface area contributed by atoms with Gasteiger partial charge in [-0.3, -0.25) is 25.1 Å². The van der Waals surface area contributed by atoms with Gasteiger partial charge in [0.05, 0.1) is 12.6 Å². The van der Waals surface area contributed by atoms with Crippen LogP contribution in [-0.2, 0) is 20.9 Å². The largest absolute Gasteiger partial charge is 0.480 e. The normalized spacial score (nSPS) is 11.9. The molecule has 2 amide bonds. The van der Waals surface area contributed by atoms with Crippen LogP contribution in [0.3, 0.4) is 0 Å². The maximum atomic E-state index is 13.8. The van der Waals surface area contributed by atoms with Gasteiger partial charge in [-0.2, -0.15) is 0 Å². The van der Waals surface area contributed by atoms with Crippen LogP contribution >= 0.6 is 24.8 Å². The third-order valence-corrected chi connectivity index (χ3v) is 6.38. The zero-order chi connectivity index (χ0) is 28.4. The van der Waals surface area contributed by atoms with Crippen LogP contribution in [-0.4, -0.2) is 47.4 Å². The lowest BCUT2D eigenvalue weighted by atomic mass is 9.84. The van der Waals surface area contributed by atoms with Crippen LogP contribution < -0.4 is 21.7 Å². The highest BCUT2D eigenvalue weighted by Gasteiger charge is 2.34. The topological polar surface area (TPSA) is 157 Å². The van der Waals surface area contributed by atoms with Crippen LogP contribution in [0, 0.1) is 11.3 Å². The number of halogens is 2. The number of nitrogen functional groups attached to an aromatic ring is 1. The van der Waals surface area contributed by atoms with Gasteiger partial charge in [0.25, 0.3) is 0 Å². The molecule has 11 heteroatoms. The number of carbonyl (C=O) groups is 3. The van der Waals surface area contributed by atoms with Crippen molar-refractivity contribution < 1.29 is 19.5 Å². The lowest BCUT2D eigenvalue weighted by molar-refractivity contribution is -0.136. The predicted octanol–water partition coefficient (Wildman–Crippen LogP) is 3.45. The molecule has 0 saturated carbocycles. The summed E-state index contributed by atoms with van der Waals surface area (Å²) in [5.41, 5.74) is 8.60. The molecule has 9 nitrogen and oxygen atoms in total. The van der Waals surface area contributed by atoms with Crippen molar-refractivity contribution in [2.75, 3.05) is 6.54 Å². The highest BCUT2D eigenvalue weighted by molar-refractivity contribution is 5.95. The minimum Gasteiger partial charge on any atom is -0.480 e. The van der Waals surface area contributed by atoms with E-state index in [1.807, 2.05) is 74.5 Å². The van der Waals surface area contributed by atoms with E-state index in [2.05, 4.69) is 16.0 Å². The summed E-state index contributed by atoms with van der Waals surface area (Å²) in [5, 5.41) is 25.3. The second kappa shape index (κ2) is 17.0. The number of benzene rings is 3. The lowest BCUT2D eigenvalue weighted by Crippen LogP contribution is -2.56. The molecule has 220 valence electrons. The molecule has 0 saturated heterocycles. The summed E-state index contributed by atoms with van der Waals surface area (Å²) in [6.45, 7) is 3.43. The summed E-state index contributed by atoms with van der Waals surface area (Å²) >= 11 is 0. The molecule has 0 aliphatic rings. The first-order valence-electron chi connectivity index (χ1n) is 12.7. The quantitative estimate of drug-likeness (QED) is 0.130. The molecule has 0 aliphatic carbocycles. The monoisotopic (exact) mass is 601 g/mol. The van der Waals surface area contributed by atoms with Gasteiger partial charge >= 0.3 is 5.97 Å². The van der Waals surface area contributed by atoms with Gasteiger partial charge in [0.1, 0.15) is 11.9 Å². The molecule has 0 radical (unpaired) electrons. The Kier molecular flexibility index (Phi) is 14.6. The van der Waals surface area contributed by atoms with E-state index in [9.17, 15) is 14.4 Å². The number of hydrogen-bond donors (Lipinski definition) is 6. The zero-order valence-corrected chi connectivity index (χ0v) is 24.5. The molecule has 0 spiro atoms. The number of carboxylic acid groups (broad SMARTS) is 1. The summed E-state index contributed by atoms with van der Waals surface area (Å²) in [6.07, 6.45) is 0. The van der Waals surface area contributed by atoms with Crippen LogP contribution in [0.15, 0.2) is 84.9 Å². The highest BCUT2D eigenvalue weighted by atomic mass is 35.5. The van der Waals surface area contributed by atoms with Crippen molar-refractivity contribution in [3.8, 4) is 0 Å². The molecule has 41 heavy (non-hydrogen) atoms. The maximum Gasteiger partial charge on any atom is 0.317 e. The molecule has 0 heterocycles. The van der Waals surface area contributed by atoms with Gasteiger partial charge in [0, 0.05) is 18.0 Å². The number of carboxylic acids is 1. The summed E-state index contributed by atoms with van der Waals surface area (Å²) < 4.78 is 0. The summed E-state index contributed by atoms with van der Waals surface area (Å²) in [5.74, 6) is -2.71. The first-order valence-corrected chi connectivity index (χ1v) is 12.7. The van der Waals surface area contributed by atoms with E-state index in [0.717, 1.165) is 16.7 Å². The average Bonchev–Trinajstić information content (AvgIpc) is 2.92. The molecule has 2 atom stereocenters. The van der Waals surface area contributed by atoms with Crippen molar-refractivity contribution >= 4 is 48.4 Å². The Morgan fingerprint density at radius 3 is 1.76 bits per heavy atom. The third-order valence-electron chi connectivity index (χ3n) is 6.38. The predicted molar refractivity (Wildman–Crippen MR) is 165 cm³/mol. The van der Waals surface area contributed by atoms with Crippen LogP contribution in [0.25, 0.3) is 0 Å². The Labute approximate surface area is 252 Å². The van der Waals surface area contributed by atoms with Crippen LogP contribution in [0.2, 0.25) is 0 Å². The van der Waals surface area contributed by atoms with Gasteiger partial charge < -0.3 is 21.5 Å². The van der Waals surface area contributed by atoms with E-state index < -0.39 is 35.8 Å². The number of hydrogen-bond acceptors (Lipinski definition) is 5. The van der Waals surface area contributed by atoms with Crippen molar-refractivity contribution in [1.29, 1.82) is 5.41 Å². The molecular formula is C30H37Cl2N5O4. The minimum atomic E-state index is -1.08. The molecule has 0 aliphatic heterocycles. The molecule has 3 aromatic carbocycles. The van der Waals surface area contributed by atoms with Crippen molar-refractivity contribution in [1.82, 2.24) is 16.0 Å². The Morgan fingerprint density at radius 1 is 0.805 bits per heavy atom. The standard InChI is InChI=1S/C30H35N5O4.2ClH/c1-19(2)26(33-18-24(36)37)30(39)35-27(29(38)34-17-20-13-15-23(16-14-20)28(31)32)25(21-9-5-3-6-10-21)22-11-7-4-8-12-22;;/h3-16,19,25-27,33H,17-18H2,1-2H3,(H3,31,32)(H,34,38)(H,35,39)(H,36,37);2*1H/t26-,27+;;/m1../s1. The molecule has 0 fully saturated rings. The van der Waals surface area contributed by atoms with E-state index in [0.29, 0.717) is 5.56 Å². The molecule has 7 N–H and O–H groups in total. The molecule has 3 aromatic rings. The molecule has 0 bridgehead atoms. The number of carbonyl (C=O) groups excluding carboxylic acids is 2. The smallest absolute Gasteiger partial charge is 0.317 e.